The van der Waals surface area contributed by atoms with E-state index in [-0.39, 0.29) is 5.56 Å². The van der Waals surface area contributed by atoms with Gasteiger partial charge >= 0.3 is 0 Å². The van der Waals surface area contributed by atoms with Gasteiger partial charge in [0.2, 0.25) is 0 Å². The highest BCUT2D eigenvalue weighted by Gasteiger charge is 2.07. The average molecular weight is 320 g/mol. The minimum atomic E-state index is -0.130. The summed E-state index contributed by atoms with van der Waals surface area (Å²) >= 11 is 3.29. The maximum Gasteiger partial charge on any atom is 0.265 e. The van der Waals surface area contributed by atoms with Gasteiger partial charge in [0.15, 0.2) is 5.16 Å². The summed E-state index contributed by atoms with van der Waals surface area (Å²) in [5.41, 5.74) is -0.130. The van der Waals surface area contributed by atoms with Crippen molar-refractivity contribution in [2.24, 2.45) is 0 Å². The molecule has 0 saturated carbocycles. The predicted octanol–water partition coefficient (Wildman–Crippen LogP) is 1.25. The molecule has 2 aromatic heterocycles. The Kier molecular flexibility index (Phi) is 2.87. The Bertz CT molecular complexity index is 481. The number of imidazole rings is 1. The highest BCUT2D eigenvalue weighted by atomic mass is 127. The SMILES string of the molecule is O=c1[nH]cnc(Sc2ncc[nH]2)c1I. The van der Waals surface area contributed by atoms with E-state index in [0.717, 1.165) is 5.16 Å². The number of nitrogens with one attached hydrogen (secondary N) is 2. The first-order valence-electron chi connectivity index (χ1n) is 3.68. The Hall–Kier alpha value is -0.830. The van der Waals surface area contributed by atoms with Crippen LogP contribution in [0.15, 0.2) is 33.7 Å². The monoisotopic (exact) mass is 320 g/mol. The zero-order valence-electron chi connectivity index (χ0n) is 6.82. The van der Waals surface area contributed by atoms with Crippen molar-refractivity contribution in [3.05, 3.63) is 32.6 Å². The number of aromatic nitrogens is 4. The molecule has 72 valence electrons. The molecule has 0 saturated heterocycles. The van der Waals surface area contributed by atoms with Crippen LogP contribution in [0.4, 0.5) is 0 Å². The summed E-state index contributed by atoms with van der Waals surface area (Å²) in [5.74, 6) is 0. The van der Waals surface area contributed by atoms with Crippen molar-refractivity contribution >= 4 is 34.4 Å². The van der Waals surface area contributed by atoms with Crippen LogP contribution < -0.4 is 5.56 Å². The summed E-state index contributed by atoms with van der Waals surface area (Å²) in [7, 11) is 0. The van der Waals surface area contributed by atoms with Crippen LogP contribution in [-0.4, -0.2) is 19.9 Å². The van der Waals surface area contributed by atoms with Crippen LogP contribution in [-0.2, 0) is 0 Å². The van der Waals surface area contributed by atoms with Crippen LogP contribution in [0.5, 0.6) is 0 Å². The first-order chi connectivity index (χ1) is 6.77. The lowest BCUT2D eigenvalue weighted by atomic mass is 10.7. The second kappa shape index (κ2) is 4.13. The van der Waals surface area contributed by atoms with Crippen molar-refractivity contribution in [1.29, 1.82) is 0 Å². The standard InChI is InChI=1S/C7H5IN4OS/c8-4-5(13)11-3-12-6(4)14-7-9-1-2-10-7/h1-3H,(H,9,10)(H,11,12,13). The van der Waals surface area contributed by atoms with Gasteiger partial charge in [-0.25, -0.2) is 9.97 Å². The van der Waals surface area contributed by atoms with E-state index in [4.69, 9.17) is 0 Å². The Morgan fingerprint density at radius 2 is 2.21 bits per heavy atom. The molecule has 0 aliphatic rings. The van der Waals surface area contributed by atoms with Crippen LogP contribution in [0, 0.1) is 3.57 Å². The summed E-state index contributed by atoms with van der Waals surface area (Å²) < 4.78 is 0.575. The lowest BCUT2D eigenvalue weighted by molar-refractivity contribution is 0.973. The molecule has 0 aliphatic heterocycles. The van der Waals surface area contributed by atoms with E-state index in [9.17, 15) is 4.79 Å². The average Bonchev–Trinajstić information content (AvgIpc) is 2.66. The number of aromatic amines is 2. The van der Waals surface area contributed by atoms with Gasteiger partial charge in [-0.3, -0.25) is 4.79 Å². The maximum absolute atomic E-state index is 11.2. The van der Waals surface area contributed by atoms with E-state index < -0.39 is 0 Å². The van der Waals surface area contributed by atoms with Gasteiger partial charge in [-0.1, -0.05) is 0 Å². The Morgan fingerprint density at radius 1 is 1.36 bits per heavy atom. The van der Waals surface area contributed by atoms with Crippen LogP contribution in [0.2, 0.25) is 0 Å². The fourth-order valence-corrected chi connectivity index (χ4v) is 2.17. The molecule has 14 heavy (non-hydrogen) atoms. The number of hydrogen-bond acceptors (Lipinski definition) is 4. The van der Waals surface area contributed by atoms with Crippen LogP contribution in [0.1, 0.15) is 0 Å². The molecule has 0 atom stereocenters. The zero-order chi connectivity index (χ0) is 9.97. The maximum atomic E-state index is 11.2. The van der Waals surface area contributed by atoms with E-state index in [2.05, 4.69) is 19.9 Å². The third-order valence-corrected chi connectivity index (χ3v) is 3.72. The molecule has 2 aromatic rings. The smallest absolute Gasteiger partial charge is 0.265 e. The second-order valence-corrected chi connectivity index (χ2v) is 4.40. The fourth-order valence-electron chi connectivity index (χ4n) is 0.836. The normalized spacial score (nSPS) is 10.4. The molecule has 2 rings (SSSR count). The van der Waals surface area contributed by atoms with E-state index in [0.29, 0.717) is 8.60 Å². The highest BCUT2D eigenvalue weighted by Crippen LogP contribution is 2.24. The second-order valence-electron chi connectivity index (χ2n) is 2.35. The number of halogens is 1. The summed E-state index contributed by atoms with van der Waals surface area (Å²) in [6.07, 6.45) is 4.76. The quantitative estimate of drug-likeness (QED) is 0.645. The van der Waals surface area contributed by atoms with Gasteiger partial charge < -0.3 is 9.97 Å². The molecule has 0 fully saturated rings. The Labute approximate surface area is 96.9 Å². The van der Waals surface area contributed by atoms with Crippen LogP contribution in [0.25, 0.3) is 0 Å². The van der Waals surface area contributed by atoms with Gasteiger partial charge in [-0.15, -0.1) is 0 Å². The van der Waals surface area contributed by atoms with Crippen LogP contribution >= 0.6 is 34.4 Å². The van der Waals surface area contributed by atoms with Crippen molar-refractivity contribution in [3.8, 4) is 0 Å². The number of hydrogen-bond donors (Lipinski definition) is 2. The molecule has 0 amide bonds. The topological polar surface area (TPSA) is 74.4 Å². The van der Waals surface area contributed by atoms with Gasteiger partial charge in [-0.2, -0.15) is 0 Å². The summed E-state index contributed by atoms with van der Waals surface area (Å²) in [6.45, 7) is 0. The van der Waals surface area contributed by atoms with Crippen molar-refractivity contribution < 1.29 is 0 Å². The molecule has 0 bridgehead atoms. The molecule has 7 heteroatoms. The predicted molar refractivity (Wildman–Crippen MR) is 60.3 cm³/mol. The van der Waals surface area contributed by atoms with Crippen molar-refractivity contribution in [2.45, 2.75) is 10.2 Å². The molecule has 5 nitrogen and oxygen atoms in total. The van der Waals surface area contributed by atoms with Gasteiger partial charge in [0.05, 0.1) is 6.33 Å². The summed E-state index contributed by atoms with van der Waals surface area (Å²) in [5, 5.41) is 1.38. The first-order valence-corrected chi connectivity index (χ1v) is 5.57. The number of H-pyrrole nitrogens is 2. The first kappa shape index (κ1) is 9.71. The minimum Gasteiger partial charge on any atom is -0.339 e. The van der Waals surface area contributed by atoms with Crippen molar-refractivity contribution in [2.75, 3.05) is 0 Å². The lowest BCUT2D eigenvalue weighted by Gasteiger charge is -1.97. The fraction of sp³-hybridized carbons (Fsp3) is 0. The largest absolute Gasteiger partial charge is 0.339 e. The number of rotatable bonds is 2. The molecule has 0 unspecified atom stereocenters. The van der Waals surface area contributed by atoms with E-state index in [1.807, 2.05) is 22.6 Å². The van der Waals surface area contributed by atoms with E-state index >= 15 is 0 Å². The third-order valence-electron chi connectivity index (χ3n) is 1.43. The highest BCUT2D eigenvalue weighted by molar-refractivity contribution is 14.1. The minimum absolute atomic E-state index is 0.130. The number of nitrogens with zero attached hydrogens (tertiary/aromatic N) is 2. The molecule has 0 spiro atoms. The summed E-state index contributed by atoms with van der Waals surface area (Å²) in [6, 6.07) is 0. The Balaban J connectivity index is 2.34. The van der Waals surface area contributed by atoms with E-state index in [1.54, 1.807) is 12.4 Å². The van der Waals surface area contributed by atoms with Crippen molar-refractivity contribution in [1.82, 2.24) is 19.9 Å². The van der Waals surface area contributed by atoms with Gasteiger partial charge in [0.25, 0.3) is 5.56 Å². The van der Waals surface area contributed by atoms with E-state index in [1.165, 1.54) is 18.1 Å². The Morgan fingerprint density at radius 3 is 2.93 bits per heavy atom. The van der Waals surface area contributed by atoms with Crippen molar-refractivity contribution in [3.63, 3.8) is 0 Å². The molecule has 0 radical (unpaired) electrons. The zero-order valence-corrected chi connectivity index (χ0v) is 9.79. The van der Waals surface area contributed by atoms with Gasteiger partial charge in [-0.05, 0) is 34.4 Å². The van der Waals surface area contributed by atoms with Crippen LogP contribution in [0.3, 0.4) is 0 Å². The summed E-state index contributed by atoms with van der Waals surface area (Å²) in [4.78, 5) is 24.7. The molecule has 0 aromatic carbocycles. The lowest BCUT2D eigenvalue weighted by Crippen LogP contribution is -2.11. The molecular weight excluding hydrogens is 315 g/mol. The molecular formula is C7H5IN4OS. The molecule has 2 heterocycles. The third kappa shape index (κ3) is 1.98. The molecule has 0 aliphatic carbocycles. The molecule has 2 N–H and O–H groups in total. The van der Waals surface area contributed by atoms with Gasteiger partial charge in [0, 0.05) is 12.4 Å². The van der Waals surface area contributed by atoms with Gasteiger partial charge in [0.1, 0.15) is 8.60 Å².